The average molecular weight is 203 g/mol. The molecule has 0 aliphatic rings. The van der Waals surface area contributed by atoms with Crippen molar-refractivity contribution in [2.75, 3.05) is 26.3 Å². The maximum absolute atomic E-state index is 11.0. The van der Waals surface area contributed by atoms with Gasteiger partial charge in [-0.3, -0.25) is 4.79 Å². The Morgan fingerprint density at radius 3 is 2.29 bits per heavy atom. The standard InChI is InChI=1S/C9H17NO4/c1-3-4-10(8(2)13)5-9(14,6-11)7-12/h3,11-12,14H,1,4-7H2,2H3. The van der Waals surface area contributed by atoms with Crippen molar-refractivity contribution in [3.63, 3.8) is 0 Å². The Hall–Kier alpha value is -0.910. The van der Waals surface area contributed by atoms with Gasteiger partial charge in [-0.2, -0.15) is 0 Å². The molecule has 5 nitrogen and oxygen atoms in total. The van der Waals surface area contributed by atoms with Crippen LogP contribution in [0.1, 0.15) is 6.92 Å². The van der Waals surface area contributed by atoms with Crippen LogP contribution in [0.3, 0.4) is 0 Å². The van der Waals surface area contributed by atoms with E-state index in [1.807, 2.05) is 0 Å². The van der Waals surface area contributed by atoms with Gasteiger partial charge in [0.05, 0.1) is 19.8 Å². The van der Waals surface area contributed by atoms with Crippen LogP contribution in [0.25, 0.3) is 0 Å². The van der Waals surface area contributed by atoms with E-state index in [9.17, 15) is 9.90 Å². The minimum Gasteiger partial charge on any atom is -0.393 e. The summed E-state index contributed by atoms with van der Waals surface area (Å²) in [6.07, 6.45) is 1.51. The molecule has 0 aliphatic heterocycles. The molecule has 0 aromatic carbocycles. The number of amides is 1. The van der Waals surface area contributed by atoms with Gasteiger partial charge in [0.25, 0.3) is 0 Å². The van der Waals surface area contributed by atoms with E-state index in [-0.39, 0.29) is 19.0 Å². The van der Waals surface area contributed by atoms with E-state index >= 15 is 0 Å². The number of rotatable bonds is 6. The number of hydrogen-bond donors (Lipinski definition) is 3. The molecule has 0 atom stereocenters. The zero-order chi connectivity index (χ0) is 11.2. The van der Waals surface area contributed by atoms with Crippen LogP contribution in [-0.2, 0) is 4.79 Å². The van der Waals surface area contributed by atoms with Gasteiger partial charge in [-0.1, -0.05) is 6.08 Å². The summed E-state index contributed by atoms with van der Waals surface area (Å²) in [7, 11) is 0. The third-order valence-corrected chi connectivity index (χ3v) is 1.87. The molecule has 0 unspecified atom stereocenters. The lowest BCUT2D eigenvalue weighted by Gasteiger charge is -2.30. The molecule has 82 valence electrons. The zero-order valence-electron chi connectivity index (χ0n) is 8.31. The number of carbonyl (C=O) groups excluding carboxylic acids is 1. The number of aliphatic hydroxyl groups excluding tert-OH is 2. The quantitative estimate of drug-likeness (QED) is 0.470. The summed E-state index contributed by atoms with van der Waals surface area (Å²) in [4.78, 5) is 12.3. The van der Waals surface area contributed by atoms with Crippen molar-refractivity contribution in [3.8, 4) is 0 Å². The largest absolute Gasteiger partial charge is 0.393 e. The van der Waals surface area contributed by atoms with Gasteiger partial charge in [-0.15, -0.1) is 6.58 Å². The van der Waals surface area contributed by atoms with Crippen LogP contribution in [-0.4, -0.2) is 58.0 Å². The highest BCUT2D eigenvalue weighted by Crippen LogP contribution is 2.06. The third kappa shape index (κ3) is 3.87. The second kappa shape index (κ2) is 5.74. The SMILES string of the molecule is C=CCN(CC(O)(CO)CO)C(C)=O. The smallest absolute Gasteiger partial charge is 0.219 e. The summed E-state index contributed by atoms with van der Waals surface area (Å²) in [5, 5.41) is 27.2. The Morgan fingerprint density at radius 1 is 1.50 bits per heavy atom. The van der Waals surface area contributed by atoms with Crippen LogP contribution in [0.2, 0.25) is 0 Å². The number of nitrogens with zero attached hydrogens (tertiary/aromatic N) is 1. The molecule has 0 spiro atoms. The van der Waals surface area contributed by atoms with Crippen LogP contribution in [0.5, 0.6) is 0 Å². The molecule has 5 heteroatoms. The molecule has 0 bridgehead atoms. The maximum Gasteiger partial charge on any atom is 0.219 e. The second-order valence-corrected chi connectivity index (χ2v) is 3.23. The normalized spacial score (nSPS) is 11.1. The molecule has 0 aromatic heterocycles. The van der Waals surface area contributed by atoms with Crippen molar-refractivity contribution < 1.29 is 20.1 Å². The van der Waals surface area contributed by atoms with E-state index in [2.05, 4.69) is 6.58 Å². The van der Waals surface area contributed by atoms with Gasteiger partial charge in [0.1, 0.15) is 5.60 Å². The summed E-state index contributed by atoms with van der Waals surface area (Å²) in [6, 6.07) is 0. The Kier molecular flexibility index (Phi) is 5.37. The molecule has 0 rings (SSSR count). The van der Waals surface area contributed by atoms with Crippen molar-refractivity contribution in [1.29, 1.82) is 0 Å². The fourth-order valence-electron chi connectivity index (χ4n) is 0.966. The summed E-state index contributed by atoms with van der Waals surface area (Å²) in [6.45, 7) is 3.79. The molecule has 0 aliphatic carbocycles. The minimum absolute atomic E-state index is 0.110. The third-order valence-electron chi connectivity index (χ3n) is 1.87. The highest BCUT2D eigenvalue weighted by molar-refractivity contribution is 5.73. The van der Waals surface area contributed by atoms with Gasteiger partial charge in [0.2, 0.25) is 5.91 Å². The van der Waals surface area contributed by atoms with Gasteiger partial charge in [-0.25, -0.2) is 0 Å². The van der Waals surface area contributed by atoms with Gasteiger partial charge in [0.15, 0.2) is 0 Å². The van der Waals surface area contributed by atoms with Crippen LogP contribution >= 0.6 is 0 Å². The molecular weight excluding hydrogens is 186 g/mol. The zero-order valence-corrected chi connectivity index (χ0v) is 8.31. The Labute approximate surface area is 83.3 Å². The van der Waals surface area contributed by atoms with Crippen molar-refractivity contribution in [3.05, 3.63) is 12.7 Å². The molecule has 3 N–H and O–H groups in total. The first-order valence-electron chi connectivity index (χ1n) is 4.29. The van der Waals surface area contributed by atoms with Crippen molar-refractivity contribution >= 4 is 5.91 Å². The topological polar surface area (TPSA) is 81.0 Å². The molecular formula is C9H17NO4. The lowest BCUT2D eigenvalue weighted by atomic mass is 10.1. The molecule has 0 aromatic rings. The fraction of sp³-hybridized carbons (Fsp3) is 0.667. The van der Waals surface area contributed by atoms with E-state index in [1.165, 1.54) is 17.9 Å². The highest BCUT2D eigenvalue weighted by atomic mass is 16.4. The molecule has 0 heterocycles. The van der Waals surface area contributed by atoms with Gasteiger partial charge < -0.3 is 20.2 Å². The minimum atomic E-state index is -1.64. The Morgan fingerprint density at radius 2 is 2.00 bits per heavy atom. The average Bonchev–Trinajstić information content (AvgIpc) is 2.17. The molecule has 1 amide bonds. The molecule has 0 radical (unpaired) electrons. The lowest BCUT2D eigenvalue weighted by Crippen LogP contribution is -2.50. The van der Waals surface area contributed by atoms with Crippen LogP contribution in [0.15, 0.2) is 12.7 Å². The number of hydrogen-bond acceptors (Lipinski definition) is 4. The first-order valence-corrected chi connectivity index (χ1v) is 4.29. The van der Waals surface area contributed by atoms with Crippen molar-refractivity contribution in [2.45, 2.75) is 12.5 Å². The lowest BCUT2D eigenvalue weighted by molar-refractivity contribution is -0.135. The summed E-state index contributed by atoms with van der Waals surface area (Å²) >= 11 is 0. The van der Waals surface area contributed by atoms with Crippen LogP contribution in [0, 0.1) is 0 Å². The highest BCUT2D eigenvalue weighted by Gasteiger charge is 2.28. The van der Waals surface area contributed by atoms with Crippen LogP contribution in [0.4, 0.5) is 0 Å². The van der Waals surface area contributed by atoms with Gasteiger partial charge >= 0.3 is 0 Å². The summed E-state index contributed by atoms with van der Waals surface area (Å²) in [5.41, 5.74) is -1.64. The first kappa shape index (κ1) is 13.1. The van der Waals surface area contributed by atoms with Crippen LogP contribution < -0.4 is 0 Å². The number of carbonyl (C=O) groups is 1. The van der Waals surface area contributed by atoms with E-state index in [0.717, 1.165) is 0 Å². The molecule has 0 saturated heterocycles. The van der Waals surface area contributed by atoms with E-state index in [4.69, 9.17) is 10.2 Å². The Balaban J connectivity index is 4.40. The predicted octanol–water partition coefficient (Wildman–Crippen LogP) is -1.26. The Bertz CT molecular complexity index is 201. The van der Waals surface area contributed by atoms with E-state index < -0.39 is 18.8 Å². The monoisotopic (exact) mass is 203 g/mol. The first-order chi connectivity index (χ1) is 6.49. The molecule has 14 heavy (non-hydrogen) atoms. The van der Waals surface area contributed by atoms with Crippen molar-refractivity contribution in [2.24, 2.45) is 0 Å². The van der Waals surface area contributed by atoms with E-state index in [0.29, 0.717) is 0 Å². The summed E-state index contributed by atoms with van der Waals surface area (Å²) < 4.78 is 0. The number of aliphatic hydroxyl groups is 3. The summed E-state index contributed by atoms with van der Waals surface area (Å²) in [5.74, 6) is -0.245. The fourth-order valence-corrected chi connectivity index (χ4v) is 0.966. The molecule has 0 fully saturated rings. The second-order valence-electron chi connectivity index (χ2n) is 3.23. The molecule has 0 saturated carbocycles. The maximum atomic E-state index is 11.0. The van der Waals surface area contributed by atoms with Gasteiger partial charge in [-0.05, 0) is 0 Å². The van der Waals surface area contributed by atoms with Crippen molar-refractivity contribution in [1.82, 2.24) is 4.90 Å². The van der Waals surface area contributed by atoms with Gasteiger partial charge in [0, 0.05) is 13.5 Å². The predicted molar refractivity (Wildman–Crippen MR) is 51.6 cm³/mol. The van der Waals surface area contributed by atoms with E-state index in [1.54, 1.807) is 0 Å².